The number of nitrogens with one attached hydrogen (secondary N) is 2. The van der Waals surface area contributed by atoms with Gasteiger partial charge in [-0.15, -0.1) is 0 Å². The number of carbonyl (C=O) groups excluding carboxylic acids is 1. The van der Waals surface area contributed by atoms with Gasteiger partial charge in [-0.1, -0.05) is 6.07 Å². The summed E-state index contributed by atoms with van der Waals surface area (Å²) in [7, 11) is 1.39. The van der Waals surface area contributed by atoms with Crippen LogP contribution in [0.3, 0.4) is 0 Å². The standard InChI is InChI=1S/C26H31FN4O3/c1-17(2)29-25(32)16-31-23(19-6-8-22(27)24(14-19)34-3)13-18-5-7-20(15-21(18)26(31)33)30-11-4-9-28-10-12-30/h5-8,13-15,17,28H,4,9-12,16H2,1-3H3,(H,29,32). The van der Waals surface area contributed by atoms with Crippen molar-refractivity contribution in [3.63, 3.8) is 0 Å². The van der Waals surface area contributed by atoms with E-state index in [1.807, 2.05) is 38.1 Å². The third kappa shape index (κ3) is 5.07. The molecule has 8 heteroatoms. The lowest BCUT2D eigenvalue weighted by molar-refractivity contribution is -0.122. The first kappa shape index (κ1) is 23.8. The summed E-state index contributed by atoms with van der Waals surface area (Å²) in [5.41, 5.74) is 1.85. The van der Waals surface area contributed by atoms with Crippen LogP contribution in [0.15, 0.2) is 47.3 Å². The number of benzene rings is 2. The van der Waals surface area contributed by atoms with Crippen LogP contribution in [0.2, 0.25) is 0 Å². The van der Waals surface area contributed by atoms with E-state index < -0.39 is 5.82 Å². The molecule has 0 bridgehead atoms. The van der Waals surface area contributed by atoms with Gasteiger partial charge in [-0.2, -0.15) is 0 Å². The van der Waals surface area contributed by atoms with Gasteiger partial charge in [-0.3, -0.25) is 14.2 Å². The van der Waals surface area contributed by atoms with E-state index in [1.54, 1.807) is 12.1 Å². The van der Waals surface area contributed by atoms with E-state index in [0.29, 0.717) is 16.6 Å². The molecule has 1 saturated heterocycles. The number of amides is 1. The van der Waals surface area contributed by atoms with Crippen molar-refractivity contribution in [2.24, 2.45) is 0 Å². The molecule has 0 spiro atoms. The predicted molar refractivity (Wildman–Crippen MR) is 133 cm³/mol. The van der Waals surface area contributed by atoms with Gasteiger partial charge in [0.2, 0.25) is 5.91 Å². The minimum absolute atomic E-state index is 0.0544. The largest absolute Gasteiger partial charge is 0.494 e. The van der Waals surface area contributed by atoms with E-state index in [2.05, 4.69) is 15.5 Å². The summed E-state index contributed by atoms with van der Waals surface area (Å²) < 4.78 is 20.7. The molecule has 0 radical (unpaired) electrons. The fourth-order valence-electron chi connectivity index (χ4n) is 4.36. The Hall–Kier alpha value is -3.39. The van der Waals surface area contributed by atoms with Gasteiger partial charge in [0.15, 0.2) is 11.6 Å². The van der Waals surface area contributed by atoms with Crippen LogP contribution < -0.4 is 25.8 Å². The number of nitrogens with zero attached hydrogens (tertiary/aromatic N) is 2. The van der Waals surface area contributed by atoms with Crippen molar-refractivity contribution < 1.29 is 13.9 Å². The Bertz CT molecular complexity index is 1250. The van der Waals surface area contributed by atoms with Crippen molar-refractivity contribution in [3.05, 3.63) is 58.6 Å². The van der Waals surface area contributed by atoms with Crippen molar-refractivity contribution in [1.82, 2.24) is 15.2 Å². The second-order valence-electron chi connectivity index (χ2n) is 8.85. The third-order valence-corrected chi connectivity index (χ3v) is 6.00. The van der Waals surface area contributed by atoms with Crippen LogP contribution in [0.25, 0.3) is 22.0 Å². The van der Waals surface area contributed by atoms with Gasteiger partial charge in [-0.25, -0.2) is 4.39 Å². The molecule has 1 amide bonds. The van der Waals surface area contributed by atoms with Crippen LogP contribution in [0, 0.1) is 5.82 Å². The zero-order valence-electron chi connectivity index (χ0n) is 19.9. The van der Waals surface area contributed by atoms with E-state index >= 15 is 0 Å². The lowest BCUT2D eigenvalue weighted by atomic mass is 10.0. The molecule has 2 N–H and O–H groups in total. The summed E-state index contributed by atoms with van der Waals surface area (Å²) >= 11 is 0. The second-order valence-corrected chi connectivity index (χ2v) is 8.85. The summed E-state index contributed by atoms with van der Waals surface area (Å²) in [5.74, 6) is -0.676. The normalized spacial score (nSPS) is 14.3. The summed E-state index contributed by atoms with van der Waals surface area (Å²) in [4.78, 5) is 28.6. The second kappa shape index (κ2) is 10.3. The molecule has 180 valence electrons. The molecular formula is C26H31FN4O3. The van der Waals surface area contributed by atoms with Crippen LogP contribution in [-0.2, 0) is 11.3 Å². The van der Waals surface area contributed by atoms with E-state index in [1.165, 1.54) is 17.7 Å². The van der Waals surface area contributed by atoms with Gasteiger partial charge in [0.25, 0.3) is 5.56 Å². The Morgan fingerprint density at radius 3 is 2.74 bits per heavy atom. The molecule has 1 aromatic heterocycles. The highest BCUT2D eigenvalue weighted by atomic mass is 19.1. The molecule has 1 aliphatic rings. The van der Waals surface area contributed by atoms with Crippen LogP contribution >= 0.6 is 0 Å². The molecule has 2 aromatic carbocycles. The zero-order valence-corrected chi connectivity index (χ0v) is 19.9. The number of methoxy groups -OCH3 is 1. The van der Waals surface area contributed by atoms with Gasteiger partial charge < -0.3 is 20.3 Å². The van der Waals surface area contributed by atoms with Crippen molar-refractivity contribution in [1.29, 1.82) is 0 Å². The van der Waals surface area contributed by atoms with Crippen LogP contribution in [0.4, 0.5) is 10.1 Å². The number of anilines is 1. The van der Waals surface area contributed by atoms with Crippen molar-refractivity contribution in [2.75, 3.05) is 38.2 Å². The number of aromatic nitrogens is 1. The first-order chi connectivity index (χ1) is 16.4. The van der Waals surface area contributed by atoms with Crippen LogP contribution in [0.5, 0.6) is 5.75 Å². The number of fused-ring (bicyclic) bond motifs is 1. The Morgan fingerprint density at radius 2 is 1.97 bits per heavy atom. The molecule has 0 saturated carbocycles. The van der Waals surface area contributed by atoms with E-state index in [0.717, 1.165) is 43.7 Å². The first-order valence-corrected chi connectivity index (χ1v) is 11.6. The predicted octanol–water partition coefficient (Wildman–Crippen LogP) is 3.14. The fourth-order valence-corrected chi connectivity index (χ4v) is 4.36. The number of pyridine rings is 1. The molecule has 0 unspecified atom stereocenters. The van der Waals surface area contributed by atoms with Crippen molar-refractivity contribution in [3.8, 4) is 17.0 Å². The summed E-state index contributed by atoms with van der Waals surface area (Å²) in [6.45, 7) is 7.25. The highest BCUT2D eigenvalue weighted by Gasteiger charge is 2.18. The number of halogens is 1. The Kier molecular flexibility index (Phi) is 7.17. The van der Waals surface area contributed by atoms with Gasteiger partial charge >= 0.3 is 0 Å². The molecule has 3 aromatic rings. The molecule has 2 heterocycles. The monoisotopic (exact) mass is 466 g/mol. The van der Waals surface area contributed by atoms with E-state index in [-0.39, 0.29) is 29.8 Å². The van der Waals surface area contributed by atoms with Gasteiger partial charge in [0, 0.05) is 42.3 Å². The number of hydrogen-bond acceptors (Lipinski definition) is 5. The number of rotatable bonds is 6. The molecular weight excluding hydrogens is 435 g/mol. The maximum absolute atomic E-state index is 14.1. The van der Waals surface area contributed by atoms with Crippen molar-refractivity contribution in [2.45, 2.75) is 32.9 Å². The quantitative estimate of drug-likeness (QED) is 0.584. The lowest BCUT2D eigenvalue weighted by Crippen LogP contribution is -2.36. The molecule has 4 rings (SSSR count). The average molecular weight is 467 g/mol. The molecule has 1 aliphatic heterocycles. The maximum atomic E-state index is 14.1. The fraction of sp³-hybridized carbons (Fsp3) is 0.385. The third-order valence-electron chi connectivity index (χ3n) is 6.00. The van der Waals surface area contributed by atoms with Gasteiger partial charge in [0.1, 0.15) is 6.54 Å². The van der Waals surface area contributed by atoms with Gasteiger partial charge in [-0.05, 0) is 68.6 Å². The minimum Gasteiger partial charge on any atom is -0.494 e. The van der Waals surface area contributed by atoms with E-state index in [4.69, 9.17) is 4.74 Å². The number of ether oxygens (including phenoxy) is 1. The highest BCUT2D eigenvalue weighted by Crippen LogP contribution is 2.29. The topological polar surface area (TPSA) is 75.6 Å². The number of hydrogen-bond donors (Lipinski definition) is 2. The summed E-state index contributed by atoms with van der Waals surface area (Å²) in [5, 5.41) is 7.55. The van der Waals surface area contributed by atoms with Crippen LogP contribution in [-0.4, -0.2) is 49.8 Å². The number of carbonyl (C=O) groups is 1. The minimum atomic E-state index is -0.491. The van der Waals surface area contributed by atoms with Gasteiger partial charge in [0.05, 0.1) is 12.8 Å². The average Bonchev–Trinajstić information content (AvgIpc) is 3.10. The Morgan fingerprint density at radius 1 is 1.15 bits per heavy atom. The molecule has 1 fully saturated rings. The Labute approximate surface area is 198 Å². The maximum Gasteiger partial charge on any atom is 0.259 e. The SMILES string of the molecule is COc1cc(-c2cc3ccc(N4CCCNCC4)cc3c(=O)n2CC(=O)NC(C)C)ccc1F. The molecule has 0 atom stereocenters. The summed E-state index contributed by atoms with van der Waals surface area (Å²) in [6.07, 6.45) is 1.03. The summed E-state index contributed by atoms with van der Waals surface area (Å²) in [6, 6.07) is 12.1. The Balaban J connectivity index is 1.86. The lowest BCUT2D eigenvalue weighted by Gasteiger charge is -2.23. The van der Waals surface area contributed by atoms with E-state index in [9.17, 15) is 14.0 Å². The molecule has 0 aliphatic carbocycles. The zero-order chi connectivity index (χ0) is 24.2. The molecule has 34 heavy (non-hydrogen) atoms. The first-order valence-electron chi connectivity index (χ1n) is 11.6. The smallest absolute Gasteiger partial charge is 0.259 e. The highest BCUT2D eigenvalue weighted by molar-refractivity contribution is 5.89. The molecule has 7 nitrogen and oxygen atoms in total. The van der Waals surface area contributed by atoms with Crippen LogP contribution in [0.1, 0.15) is 20.3 Å². The van der Waals surface area contributed by atoms with Crippen molar-refractivity contribution >= 4 is 22.4 Å².